The summed E-state index contributed by atoms with van der Waals surface area (Å²) in [6.45, 7) is 1.81. The van der Waals surface area contributed by atoms with Crippen molar-refractivity contribution >= 4 is 11.7 Å². The van der Waals surface area contributed by atoms with Crippen molar-refractivity contribution < 1.29 is 15.1 Å². The van der Waals surface area contributed by atoms with Crippen LogP contribution in [0.3, 0.4) is 0 Å². The van der Waals surface area contributed by atoms with E-state index >= 15 is 0 Å². The Kier molecular flexibility index (Phi) is 4.98. The summed E-state index contributed by atoms with van der Waals surface area (Å²) in [6, 6.07) is 6.10. The van der Waals surface area contributed by atoms with Gasteiger partial charge in [-0.05, 0) is 12.5 Å². The van der Waals surface area contributed by atoms with E-state index in [1.165, 1.54) is 6.07 Å². The first-order valence-electron chi connectivity index (χ1n) is 5.62. The monoisotopic (exact) mass is 251 g/mol. The molecule has 0 bridgehead atoms. The Bertz CT molecular complexity index is 446. The Labute approximate surface area is 105 Å². The van der Waals surface area contributed by atoms with Crippen molar-refractivity contribution in [1.82, 2.24) is 5.32 Å². The van der Waals surface area contributed by atoms with Gasteiger partial charge in [-0.3, -0.25) is 4.79 Å². The van der Waals surface area contributed by atoms with Crippen molar-refractivity contribution in [3.63, 3.8) is 0 Å². The average Bonchev–Trinajstić information content (AvgIpc) is 2.37. The molecule has 5 N–H and O–H groups in total. The number of carbonyl (C=O) groups is 1. The summed E-state index contributed by atoms with van der Waals surface area (Å²) in [6.07, 6.45) is 0.560. The van der Waals surface area contributed by atoms with Crippen LogP contribution < -0.4 is 11.1 Å². The van der Waals surface area contributed by atoms with E-state index in [1.54, 1.807) is 18.2 Å². The number of amides is 1. The second-order valence-electron chi connectivity index (χ2n) is 3.86. The summed E-state index contributed by atoms with van der Waals surface area (Å²) in [7, 11) is 0. The number of para-hydroxylation sites is 1. The van der Waals surface area contributed by atoms with Crippen molar-refractivity contribution in [2.75, 3.05) is 0 Å². The Balaban J connectivity index is 2.64. The van der Waals surface area contributed by atoms with E-state index in [0.29, 0.717) is 12.0 Å². The maximum Gasteiger partial charge on any atom is 0.225 e. The van der Waals surface area contributed by atoms with Crippen molar-refractivity contribution in [2.45, 2.75) is 25.8 Å². The number of rotatable bonds is 5. The van der Waals surface area contributed by atoms with E-state index in [9.17, 15) is 9.90 Å². The van der Waals surface area contributed by atoms with E-state index in [2.05, 4.69) is 10.5 Å². The van der Waals surface area contributed by atoms with Crippen LogP contribution in [-0.4, -0.2) is 28.1 Å². The molecule has 0 aliphatic carbocycles. The van der Waals surface area contributed by atoms with Crippen LogP contribution in [0.5, 0.6) is 5.75 Å². The molecule has 1 rings (SSSR count). The normalized spacial score (nSPS) is 13.1. The first kappa shape index (κ1) is 13.8. The van der Waals surface area contributed by atoms with Crippen LogP contribution in [0.15, 0.2) is 29.4 Å². The second-order valence-corrected chi connectivity index (χ2v) is 3.86. The zero-order valence-corrected chi connectivity index (χ0v) is 10.1. The van der Waals surface area contributed by atoms with Crippen LogP contribution in [0.2, 0.25) is 0 Å². The number of nitrogens with zero attached hydrogens (tertiary/aromatic N) is 1. The van der Waals surface area contributed by atoms with Gasteiger partial charge >= 0.3 is 0 Å². The number of nitrogens with one attached hydrogen (secondary N) is 1. The van der Waals surface area contributed by atoms with Crippen LogP contribution in [-0.2, 0) is 11.2 Å². The lowest BCUT2D eigenvalue weighted by atomic mass is 10.1. The van der Waals surface area contributed by atoms with Gasteiger partial charge in [-0.15, -0.1) is 0 Å². The number of amidine groups is 1. The van der Waals surface area contributed by atoms with Crippen molar-refractivity contribution in [3.05, 3.63) is 29.8 Å². The molecule has 0 spiro atoms. The molecule has 1 aromatic carbocycles. The molecule has 1 unspecified atom stereocenters. The van der Waals surface area contributed by atoms with E-state index in [1.807, 2.05) is 6.92 Å². The van der Waals surface area contributed by atoms with Crippen LogP contribution in [0, 0.1) is 0 Å². The van der Waals surface area contributed by atoms with E-state index in [0.717, 1.165) is 0 Å². The average molecular weight is 251 g/mol. The third kappa shape index (κ3) is 3.65. The highest BCUT2D eigenvalue weighted by Gasteiger charge is 2.15. The molecule has 0 saturated carbocycles. The van der Waals surface area contributed by atoms with Crippen LogP contribution >= 0.6 is 0 Å². The summed E-state index contributed by atoms with van der Waals surface area (Å²) in [4.78, 5) is 11.7. The van der Waals surface area contributed by atoms with E-state index < -0.39 is 6.04 Å². The van der Waals surface area contributed by atoms with Crippen molar-refractivity contribution in [2.24, 2.45) is 10.9 Å². The number of hydrogen-bond donors (Lipinski definition) is 4. The predicted molar refractivity (Wildman–Crippen MR) is 67.4 cm³/mol. The highest BCUT2D eigenvalue weighted by molar-refractivity contribution is 5.90. The largest absolute Gasteiger partial charge is 0.508 e. The lowest BCUT2D eigenvalue weighted by molar-refractivity contribution is -0.120. The van der Waals surface area contributed by atoms with Gasteiger partial charge in [0, 0.05) is 5.56 Å². The standard InChI is InChI=1S/C12H17N3O3/c1-2-9(12(13)15-18)14-11(17)7-8-5-3-4-6-10(8)16/h3-6,9,16,18H,2,7H2,1H3,(H2,13,15)(H,14,17). The number of nitrogens with two attached hydrogens (primary N) is 1. The summed E-state index contributed by atoms with van der Waals surface area (Å²) in [5.74, 6) is -0.262. The molecule has 0 heterocycles. The Hall–Kier alpha value is -2.24. The fraction of sp³-hybridized carbons (Fsp3) is 0.333. The molecule has 18 heavy (non-hydrogen) atoms. The molecule has 1 aromatic rings. The summed E-state index contributed by atoms with van der Waals surface area (Å²) in [5.41, 5.74) is 5.97. The molecule has 1 amide bonds. The summed E-state index contributed by atoms with van der Waals surface area (Å²) in [5, 5.41) is 23.6. The summed E-state index contributed by atoms with van der Waals surface area (Å²) < 4.78 is 0. The molecule has 0 saturated heterocycles. The highest BCUT2D eigenvalue weighted by atomic mass is 16.4. The number of phenols is 1. The van der Waals surface area contributed by atoms with E-state index in [-0.39, 0.29) is 23.9 Å². The Morgan fingerprint density at radius 1 is 1.50 bits per heavy atom. The van der Waals surface area contributed by atoms with E-state index in [4.69, 9.17) is 10.9 Å². The van der Waals surface area contributed by atoms with Crippen LogP contribution in [0.4, 0.5) is 0 Å². The fourth-order valence-corrected chi connectivity index (χ4v) is 1.53. The topological polar surface area (TPSA) is 108 Å². The minimum Gasteiger partial charge on any atom is -0.508 e. The van der Waals surface area contributed by atoms with Crippen LogP contribution in [0.25, 0.3) is 0 Å². The number of aromatic hydroxyl groups is 1. The maximum atomic E-state index is 11.7. The minimum absolute atomic E-state index is 0.0388. The number of oxime groups is 1. The molecule has 0 aromatic heterocycles. The molecule has 6 heteroatoms. The molecule has 0 aliphatic heterocycles. The number of phenolic OH excluding ortho intramolecular Hbond substituents is 1. The molecule has 0 aliphatic rings. The van der Waals surface area contributed by atoms with Gasteiger partial charge in [0.05, 0.1) is 12.5 Å². The molecule has 98 valence electrons. The first-order chi connectivity index (χ1) is 8.58. The molecule has 6 nitrogen and oxygen atoms in total. The predicted octanol–water partition coefficient (Wildman–Crippen LogP) is 0.576. The number of benzene rings is 1. The molecular formula is C12H17N3O3. The zero-order valence-electron chi connectivity index (χ0n) is 10.1. The molecule has 0 radical (unpaired) electrons. The fourth-order valence-electron chi connectivity index (χ4n) is 1.53. The first-order valence-corrected chi connectivity index (χ1v) is 5.62. The minimum atomic E-state index is -0.506. The summed E-state index contributed by atoms with van der Waals surface area (Å²) >= 11 is 0. The molecular weight excluding hydrogens is 234 g/mol. The number of hydrogen-bond acceptors (Lipinski definition) is 4. The second kappa shape index (κ2) is 6.48. The van der Waals surface area contributed by atoms with Crippen molar-refractivity contribution in [3.8, 4) is 5.75 Å². The lowest BCUT2D eigenvalue weighted by Crippen LogP contribution is -2.44. The van der Waals surface area contributed by atoms with Gasteiger partial charge in [-0.1, -0.05) is 30.3 Å². The third-order valence-corrected chi connectivity index (χ3v) is 2.56. The SMILES string of the molecule is CCC(NC(=O)Cc1ccccc1O)/C(N)=N/O. The molecule has 0 fully saturated rings. The smallest absolute Gasteiger partial charge is 0.225 e. The maximum absolute atomic E-state index is 11.7. The van der Waals surface area contributed by atoms with Gasteiger partial charge in [0.25, 0.3) is 0 Å². The zero-order chi connectivity index (χ0) is 13.5. The number of carbonyl (C=O) groups excluding carboxylic acids is 1. The van der Waals surface area contributed by atoms with Gasteiger partial charge in [0.2, 0.25) is 5.91 Å². The lowest BCUT2D eigenvalue weighted by Gasteiger charge is -2.15. The van der Waals surface area contributed by atoms with Gasteiger partial charge in [-0.2, -0.15) is 0 Å². The Morgan fingerprint density at radius 3 is 2.72 bits per heavy atom. The molecule has 1 atom stereocenters. The quantitative estimate of drug-likeness (QED) is 0.265. The van der Waals surface area contributed by atoms with Gasteiger partial charge in [-0.25, -0.2) is 0 Å². The van der Waals surface area contributed by atoms with Crippen molar-refractivity contribution in [1.29, 1.82) is 0 Å². The van der Waals surface area contributed by atoms with Crippen LogP contribution in [0.1, 0.15) is 18.9 Å². The Morgan fingerprint density at radius 2 is 2.17 bits per heavy atom. The van der Waals surface area contributed by atoms with Gasteiger partial charge in [0.1, 0.15) is 5.75 Å². The van der Waals surface area contributed by atoms with Gasteiger partial charge in [0.15, 0.2) is 5.84 Å². The third-order valence-electron chi connectivity index (χ3n) is 2.56. The highest BCUT2D eigenvalue weighted by Crippen LogP contribution is 2.15. The van der Waals surface area contributed by atoms with Gasteiger partial charge < -0.3 is 21.4 Å².